The lowest BCUT2D eigenvalue weighted by Crippen LogP contribution is -2.37. The Morgan fingerprint density at radius 3 is 2.54 bits per heavy atom. The van der Waals surface area contributed by atoms with Gasteiger partial charge in [-0.2, -0.15) is 0 Å². The minimum Gasteiger partial charge on any atom is -0.326 e. The van der Waals surface area contributed by atoms with E-state index in [9.17, 15) is 4.79 Å². The molecule has 1 aliphatic heterocycles. The number of nitrogens with one attached hydrogen (secondary N) is 2. The van der Waals surface area contributed by atoms with Crippen molar-refractivity contribution >= 4 is 36.4 Å². The molecule has 0 aromatic heterocycles. The average Bonchev–Trinajstić information content (AvgIpc) is 2.64. The van der Waals surface area contributed by atoms with E-state index < -0.39 is 0 Å². The van der Waals surface area contributed by atoms with Crippen LogP contribution in [0.15, 0.2) is 24.3 Å². The minimum absolute atomic E-state index is 0. The average molecular weight is 402 g/mol. The SMILES string of the molecule is CN(Cc1ccccc1NC(=O)C1CCCNC1)C1CCCCC1.Cl.Cl. The fourth-order valence-corrected chi connectivity index (χ4v) is 4.01. The Morgan fingerprint density at radius 2 is 1.85 bits per heavy atom. The van der Waals surface area contributed by atoms with Gasteiger partial charge in [0, 0.05) is 24.8 Å². The van der Waals surface area contributed by atoms with Gasteiger partial charge in [-0.3, -0.25) is 9.69 Å². The summed E-state index contributed by atoms with van der Waals surface area (Å²) in [5, 5.41) is 6.51. The maximum Gasteiger partial charge on any atom is 0.228 e. The summed E-state index contributed by atoms with van der Waals surface area (Å²) in [6.07, 6.45) is 8.77. The second-order valence-electron chi connectivity index (χ2n) is 7.40. The number of benzene rings is 1. The first-order chi connectivity index (χ1) is 11.7. The maximum atomic E-state index is 12.5. The van der Waals surface area contributed by atoms with E-state index in [0.717, 1.165) is 38.2 Å². The molecule has 1 aromatic carbocycles. The molecule has 6 heteroatoms. The van der Waals surface area contributed by atoms with Gasteiger partial charge in [0.25, 0.3) is 0 Å². The number of amides is 1. The molecule has 1 atom stereocenters. The fourth-order valence-electron chi connectivity index (χ4n) is 4.01. The van der Waals surface area contributed by atoms with E-state index in [0.29, 0.717) is 6.04 Å². The van der Waals surface area contributed by atoms with Gasteiger partial charge in [-0.15, -0.1) is 24.8 Å². The molecule has 26 heavy (non-hydrogen) atoms. The molecule has 148 valence electrons. The number of carbonyl (C=O) groups excluding carboxylic acids is 1. The number of carbonyl (C=O) groups is 1. The first kappa shape index (κ1) is 23.2. The highest BCUT2D eigenvalue weighted by molar-refractivity contribution is 5.93. The summed E-state index contributed by atoms with van der Waals surface area (Å²) < 4.78 is 0. The summed E-state index contributed by atoms with van der Waals surface area (Å²) in [5.74, 6) is 0.262. The monoisotopic (exact) mass is 401 g/mol. The molecule has 0 spiro atoms. The van der Waals surface area contributed by atoms with Crippen LogP contribution in [0.1, 0.15) is 50.5 Å². The van der Waals surface area contributed by atoms with Gasteiger partial charge < -0.3 is 10.6 Å². The lowest BCUT2D eigenvalue weighted by atomic mass is 9.94. The van der Waals surface area contributed by atoms with Gasteiger partial charge in [0.05, 0.1) is 5.92 Å². The van der Waals surface area contributed by atoms with Crippen molar-refractivity contribution in [1.29, 1.82) is 0 Å². The van der Waals surface area contributed by atoms with Crippen molar-refractivity contribution in [3.05, 3.63) is 29.8 Å². The van der Waals surface area contributed by atoms with Gasteiger partial charge in [-0.25, -0.2) is 0 Å². The van der Waals surface area contributed by atoms with Gasteiger partial charge in [0.2, 0.25) is 5.91 Å². The molecule has 4 nitrogen and oxygen atoms in total. The van der Waals surface area contributed by atoms with Crippen LogP contribution >= 0.6 is 24.8 Å². The summed E-state index contributed by atoms with van der Waals surface area (Å²) in [5.41, 5.74) is 2.21. The predicted molar refractivity (Wildman–Crippen MR) is 114 cm³/mol. The van der Waals surface area contributed by atoms with Crippen molar-refractivity contribution in [3.8, 4) is 0 Å². The van der Waals surface area contributed by atoms with Crippen LogP contribution in [-0.4, -0.2) is 37.0 Å². The molecule has 1 aliphatic carbocycles. The third-order valence-corrected chi connectivity index (χ3v) is 5.56. The number of hydrogen-bond acceptors (Lipinski definition) is 3. The number of hydrogen-bond donors (Lipinski definition) is 2. The molecular formula is C20H33Cl2N3O. The molecule has 1 saturated heterocycles. The van der Waals surface area contributed by atoms with Gasteiger partial charge in [0.15, 0.2) is 0 Å². The van der Waals surface area contributed by atoms with Crippen molar-refractivity contribution in [1.82, 2.24) is 10.2 Å². The van der Waals surface area contributed by atoms with Gasteiger partial charge in [-0.05, 0) is 50.9 Å². The van der Waals surface area contributed by atoms with E-state index in [2.05, 4.69) is 34.7 Å². The Bertz CT molecular complexity index is 544. The Kier molecular flexibility index (Phi) is 10.6. The number of para-hydroxylation sites is 1. The number of anilines is 1. The molecule has 1 unspecified atom stereocenters. The summed E-state index contributed by atoms with van der Waals surface area (Å²) in [6.45, 7) is 2.74. The molecular weight excluding hydrogens is 369 g/mol. The van der Waals surface area contributed by atoms with E-state index in [4.69, 9.17) is 0 Å². The predicted octanol–water partition coefficient (Wildman–Crippen LogP) is 4.23. The van der Waals surface area contributed by atoms with Crippen molar-refractivity contribution in [2.75, 3.05) is 25.5 Å². The topological polar surface area (TPSA) is 44.4 Å². The van der Waals surface area contributed by atoms with Crippen molar-refractivity contribution < 1.29 is 4.79 Å². The smallest absolute Gasteiger partial charge is 0.228 e. The Morgan fingerprint density at radius 1 is 1.12 bits per heavy atom. The van der Waals surface area contributed by atoms with Crippen LogP contribution in [0.25, 0.3) is 0 Å². The summed E-state index contributed by atoms with van der Waals surface area (Å²) in [7, 11) is 2.22. The molecule has 2 fully saturated rings. The molecule has 2 N–H and O–H groups in total. The standard InChI is InChI=1S/C20H31N3O.2ClH/c1-23(18-10-3-2-4-11-18)15-17-8-5-6-12-19(17)22-20(24)16-9-7-13-21-14-16;;/h5-6,8,12,16,18,21H,2-4,7,9-11,13-15H2,1H3,(H,22,24);2*1H. The van der Waals surface area contributed by atoms with Crippen molar-refractivity contribution in [2.45, 2.75) is 57.5 Å². The van der Waals surface area contributed by atoms with Crippen LogP contribution in [0.5, 0.6) is 0 Å². The summed E-state index contributed by atoms with van der Waals surface area (Å²) in [4.78, 5) is 15.0. The quantitative estimate of drug-likeness (QED) is 0.775. The van der Waals surface area contributed by atoms with E-state index in [1.54, 1.807) is 0 Å². The minimum atomic E-state index is 0. The van der Waals surface area contributed by atoms with Crippen LogP contribution in [0.4, 0.5) is 5.69 Å². The first-order valence-corrected chi connectivity index (χ1v) is 9.54. The normalized spacial score (nSPS) is 20.8. The van der Waals surface area contributed by atoms with E-state index in [1.807, 2.05) is 12.1 Å². The lowest BCUT2D eigenvalue weighted by Gasteiger charge is -2.31. The Balaban J connectivity index is 0.00000169. The zero-order chi connectivity index (χ0) is 16.8. The van der Waals surface area contributed by atoms with Crippen LogP contribution < -0.4 is 10.6 Å². The number of piperidine rings is 1. The third-order valence-electron chi connectivity index (χ3n) is 5.56. The van der Waals surface area contributed by atoms with E-state index in [1.165, 1.54) is 37.7 Å². The summed E-state index contributed by atoms with van der Waals surface area (Å²) >= 11 is 0. The highest BCUT2D eigenvalue weighted by Crippen LogP contribution is 2.25. The zero-order valence-electron chi connectivity index (χ0n) is 15.7. The molecule has 1 saturated carbocycles. The molecule has 1 heterocycles. The zero-order valence-corrected chi connectivity index (χ0v) is 17.3. The number of halogens is 2. The second kappa shape index (κ2) is 11.8. The van der Waals surface area contributed by atoms with Gasteiger partial charge >= 0.3 is 0 Å². The maximum absolute atomic E-state index is 12.5. The number of nitrogens with zero attached hydrogens (tertiary/aromatic N) is 1. The lowest BCUT2D eigenvalue weighted by molar-refractivity contribution is -0.120. The van der Waals surface area contributed by atoms with Crippen molar-refractivity contribution in [3.63, 3.8) is 0 Å². The van der Waals surface area contributed by atoms with Gasteiger partial charge in [-0.1, -0.05) is 37.5 Å². The van der Waals surface area contributed by atoms with Gasteiger partial charge in [0.1, 0.15) is 0 Å². The van der Waals surface area contributed by atoms with Crippen molar-refractivity contribution in [2.24, 2.45) is 5.92 Å². The molecule has 3 rings (SSSR count). The van der Waals surface area contributed by atoms with E-state index in [-0.39, 0.29) is 36.6 Å². The fraction of sp³-hybridized carbons (Fsp3) is 0.650. The largest absolute Gasteiger partial charge is 0.326 e. The molecule has 0 radical (unpaired) electrons. The highest BCUT2D eigenvalue weighted by atomic mass is 35.5. The van der Waals surface area contributed by atoms with Crippen LogP contribution in [0.3, 0.4) is 0 Å². The molecule has 1 amide bonds. The van der Waals surface area contributed by atoms with Crippen LogP contribution in [0.2, 0.25) is 0 Å². The molecule has 2 aliphatic rings. The Hall–Kier alpha value is -0.810. The third kappa shape index (κ3) is 6.41. The van der Waals surface area contributed by atoms with Crippen LogP contribution in [-0.2, 0) is 11.3 Å². The first-order valence-electron chi connectivity index (χ1n) is 9.54. The highest BCUT2D eigenvalue weighted by Gasteiger charge is 2.22. The van der Waals surface area contributed by atoms with Crippen LogP contribution in [0, 0.1) is 5.92 Å². The molecule has 0 bridgehead atoms. The number of rotatable bonds is 5. The Labute approximate surface area is 170 Å². The molecule has 1 aromatic rings. The van der Waals surface area contributed by atoms with E-state index >= 15 is 0 Å². The summed E-state index contributed by atoms with van der Waals surface area (Å²) in [6, 6.07) is 8.96. The second-order valence-corrected chi connectivity index (χ2v) is 7.40.